The number of rotatable bonds is 29. The van der Waals surface area contributed by atoms with Gasteiger partial charge in [0.05, 0.1) is 12.7 Å². The first-order valence-electron chi connectivity index (χ1n) is 23.6. The Balaban J connectivity index is 2.37. The summed E-state index contributed by atoms with van der Waals surface area (Å²) in [6.45, 7) is 14.7. The second-order valence-corrected chi connectivity index (χ2v) is 19.2. The minimum atomic E-state index is -1.51. The molecule has 0 aliphatic carbocycles. The summed E-state index contributed by atoms with van der Waals surface area (Å²) < 4.78 is 16.6. The number of ether oxygens (including phenoxy) is 3. The van der Waals surface area contributed by atoms with E-state index in [2.05, 4.69) is 37.2 Å². The monoisotopic (exact) mass is 1020 g/mol. The highest BCUT2D eigenvalue weighted by molar-refractivity contribution is 6.31. The average Bonchev–Trinajstić information content (AvgIpc) is 3.28. The van der Waals surface area contributed by atoms with Gasteiger partial charge in [0.2, 0.25) is 35.4 Å². The molecule has 0 bridgehead atoms. The molecule has 0 unspecified atom stereocenters. The predicted octanol–water partition coefficient (Wildman–Crippen LogP) is 3.73. The molecular weight excluding hydrogens is 944 g/mol. The highest BCUT2D eigenvalue weighted by Gasteiger charge is 2.36. The van der Waals surface area contributed by atoms with E-state index in [-0.39, 0.29) is 64.2 Å². The van der Waals surface area contributed by atoms with E-state index in [0.29, 0.717) is 10.6 Å². The van der Waals surface area contributed by atoms with Gasteiger partial charge in [0.1, 0.15) is 48.5 Å². The SMILES string of the molecule is CC(C)C[C@H](NC(=O)[C@H](CCCCNC(=O)OCc1ccccc1Cl)NC(=O)[C@H](CCC(N)=O)NC(=O)[C@@H](NC(=O)[C@@H](NC(=O)OC(C)(C)C)[C@@H](C)OCc1ccccc1)C(C)C)C(=O)N[C@@H](C)C(=O)O. The smallest absolute Gasteiger partial charge is 0.408 e. The Morgan fingerprint density at radius 3 is 1.79 bits per heavy atom. The van der Waals surface area contributed by atoms with E-state index >= 15 is 0 Å². The number of carbonyl (C=O) groups excluding carboxylic acids is 8. The van der Waals surface area contributed by atoms with E-state index in [9.17, 15) is 48.3 Å². The van der Waals surface area contributed by atoms with Gasteiger partial charge < -0.3 is 62.3 Å². The predicted molar refractivity (Wildman–Crippen MR) is 263 cm³/mol. The number of aliphatic carboxylic acids is 1. The van der Waals surface area contributed by atoms with Gasteiger partial charge in [-0.15, -0.1) is 0 Å². The Kier molecular flexibility index (Phi) is 25.9. The molecule has 0 aromatic heterocycles. The molecule has 22 heteroatoms. The molecule has 8 amide bonds. The first-order valence-corrected chi connectivity index (χ1v) is 24.0. The number of carboxylic acid groups (broad SMARTS) is 1. The summed E-state index contributed by atoms with van der Waals surface area (Å²) in [4.78, 5) is 119. The number of primary amides is 1. The Bertz CT molecular complexity index is 2100. The lowest BCUT2D eigenvalue weighted by Gasteiger charge is -2.30. The summed E-state index contributed by atoms with van der Waals surface area (Å²) in [5.74, 6) is -7.09. The molecular formula is C49H73ClN8O13. The quantitative estimate of drug-likeness (QED) is 0.0526. The minimum absolute atomic E-state index is 0.0623. The minimum Gasteiger partial charge on any atom is -0.480 e. The Morgan fingerprint density at radius 1 is 0.648 bits per heavy atom. The van der Waals surface area contributed by atoms with Crippen molar-refractivity contribution in [2.45, 2.75) is 162 Å². The zero-order valence-corrected chi connectivity index (χ0v) is 42.8. The number of nitrogens with one attached hydrogen (secondary N) is 7. The molecule has 0 saturated carbocycles. The van der Waals surface area contributed by atoms with Crippen LogP contribution in [0, 0.1) is 11.8 Å². The maximum absolute atomic E-state index is 14.2. The lowest BCUT2D eigenvalue weighted by atomic mass is 10.00. The van der Waals surface area contributed by atoms with Crippen LogP contribution in [-0.2, 0) is 61.0 Å². The summed E-state index contributed by atoms with van der Waals surface area (Å²) in [6, 6.07) is 7.84. The van der Waals surface area contributed by atoms with Crippen molar-refractivity contribution in [3.8, 4) is 0 Å². The van der Waals surface area contributed by atoms with Crippen LogP contribution in [0.1, 0.15) is 112 Å². The normalized spacial score (nSPS) is 14.3. The van der Waals surface area contributed by atoms with Gasteiger partial charge in [0.15, 0.2) is 0 Å². The van der Waals surface area contributed by atoms with Crippen molar-refractivity contribution in [3.63, 3.8) is 0 Å². The molecule has 2 rings (SSSR count). The van der Waals surface area contributed by atoms with E-state index in [0.717, 1.165) is 5.56 Å². The lowest BCUT2D eigenvalue weighted by molar-refractivity contribution is -0.142. The van der Waals surface area contributed by atoms with Crippen molar-refractivity contribution >= 4 is 65.2 Å². The lowest BCUT2D eigenvalue weighted by Crippen LogP contribution is -2.61. The van der Waals surface area contributed by atoms with E-state index in [1.165, 1.54) is 6.92 Å². The molecule has 394 valence electrons. The van der Waals surface area contributed by atoms with Crippen LogP contribution in [0.15, 0.2) is 54.6 Å². The number of hydrogen-bond acceptors (Lipinski definition) is 12. The van der Waals surface area contributed by atoms with Gasteiger partial charge in [0.25, 0.3) is 0 Å². The maximum Gasteiger partial charge on any atom is 0.408 e. The number of alkyl carbamates (subject to hydrolysis) is 2. The molecule has 0 aliphatic rings. The van der Waals surface area contributed by atoms with Crippen LogP contribution in [-0.4, -0.2) is 113 Å². The Labute approximate surface area is 420 Å². The number of nitrogens with two attached hydrogens (primary N) is 1. The first-order chi connectivity index (χ1) is 33.3. The van der Waals surface area contributed by atoms with Crippen LogP contribution in [0.25, 0.3) is 0 Å². The number of halogens is 1. The molecule has 0 fully saturated rings. The fourth-order valence-corrected chi connectivity index (χ4v) is 6.88. The van der Waals surface area contributed by atoms with Crippen molar-refractivity contribution in [2.75, 3.05) is 6.54 Å². The van der Waals surface area contributed by atoms with Crippen molar-refractivity contribution in [1.29, 1.82) is 0 Å². The molecule has 21 nitrogen and oxygen atoms in total. The molecule has 0 spiro atoms. The third kappa shape index (κ3) is 23.8. The van der Waals surface area contributed by atoms with Gasteiger partial charge in [-0.1, -0.05) is 87.8 Å². The van der Waals surface area contributed by atoms with E-state index < -0.39 is 107 Å². The van der Waals surface area contributed by atoms with Gasteiger partial charge in [-0.2, -0.15) is 0 Å². The van der Waals surface area contributed by atoms with E-state index in [1.54, 1.807) is 79.7 Å². The van der Waals surface area contributed by atoms with Gasteiger partial charge in [0, 0.05) is 23.6 Å². The maximum atomic E-state index is 14.2. The molecule has 10 N–H and O–H groups in total. The Hall–Kier alpha value is -6.48. The van der Waals surface area contributed by atoms with Crippen molar-refractivity contribution in [2.24, 2.45) is 17.6 Å². The highest BCUT2D eigenvalue weighted by atomic mass is 35.5. The van der Waals surface area contributed by atoms with Crippen molar-refractivity contribution in [3.05, 3.63) is 70.7 Å². The molecule has 0 radical (unpaired) electrons. The fourth-order valence-electron chi connectivity index (χ4n) is 6.69. The summed E-state index contributed by atoms with van der Waals surface area (Å²) in [7, 11) is 0. The molecule has 0 saturated heterocycles. The largest absolute Gasteiger partial charge is 0.480 e. The van der Waals surface area contributed by atoms with Gasteiger partial charge in [-0.25, -0.2) is 9.59 Å². The summed E-state index contributed by atoms with van der Waals surface area (Å²) in [5, 5.41) is 27.8. The number of carboxylic acids is 1. The number of carbonyl (C=O) groups is 9. The third-order valence-corrected chi connectivity index (χ3v) is 10.9. The summed E-state index contributed by atoms with van der Waals surface area (Å²) in [6.07, 6.45) is -2.79. The second kappa shape index (κ2) is 30.3. The number of hydrogen-bond donors (Lipinski definition) is 9. The van der Waals surface area contributed by atoms with Gasteiger partial charge in [-0.3, -0.25) is 33.6 Å². The molecule has 2 aromatic rings. The highest BCUT2D eigenvalue weighted by Crippen LogP contribution is 2.17. The van der Waals surface area contributed by atoms with E-state index in [4.69, 9.17) is 31.5 Å². The third-order valence-electron chi connectivity index (χ3n) is 10.5. The van der Waals surface area contributed by atoms with Crippen molar-refractivity contribution < 1.29 is 62.5 Å². The van der Waals surface area contributed by atoms with Gasteiger partial charge >= 0.3 is 18.2 Å². The second-order valence-electron chi connectivity index (χ2n) is 18.8. The topological polar surface area (TPSA) is 312 Å². The molecule has 0 heterocycles. The molecule has 2 aromatic carbocycles. The zero-order chi connectivity index (χ0) is 53.4. The number of unbranched alkanes of at least 4 members (excludes halogenated alkanes) is 1. The van der Waals surface area contributed by atoms with Crippen LogP contribution in [0.4, 0.5) is 9.59 Å². The standard InChI is InChI=1S/C49H73ClN8O13/c1-28(2)25-37(43(62)53-30(5)46(65)66)56-41(60)35(21-15-16-24-52-47(67)70-27-33-19-13-14-20-34(33)50)54-42(61)36(22-23-38(51)59)55-44(63)39(29(3)4)57-45(64)40(58-48(68)71-49(7,8)9)31(6)69-26-32-17-11-10-12-18-32/h10-14,17-20,28-31,35-37,39-40H,15-16,21-27H2,1-9H3,(H2,51,59)(H,52,67)(H,53,62)(H,54,61)(H,55,63)(H,56,60)(H,57,64)(H,58,68)(H,65,66)/t30-,31+,35-,36-,37-,39-,40-/m0/s1. The van der Waals surface area contributed by atoms with Gasteiger partial charge in [-0.05, 0) is 90.2 Å². The first kappa shape index (κ1) is 60.6. The van der Waals surface area contributed by atoms with Crippen LogP contribution in [0.2, 0.25) is 5.02 Å². The van der Waals surface area contributed by atoms with Crippen LogP contribution < -0.4 is 43.0 Å². The zero-order valence-electron chi connectivity index (χ0n) is 42.1. The molecule has 7 atom stereocenters. The molecule has 0 aliphatic heterocycles. The summed E-state index contributed by atoms with van der Waals surface area (Å²) in [5.41, 5.74) is 5.93. The number of amides is 8. The average molecular weight is 1020 g/mol. The van der Waals surface area contributed by atoms with Crippen LogP contribution >= 0.6 is 11.6 Å². The molecule has 71 heavy (non-hydrogen) atoms. The van der Waals surface area contributed by atoms with E-state index in [1.807, 2.05) is 30.3 Å². The van der Waals surface area contributed by atoms with Crippen molar-refractivity contribution in [1.82, 2.24) is 37.2 Å². The fraction of sp³-hybridized carbons (Fsp3) is 0.571. The Morgan fingerprint density at radius 2 is 1.21 bits per heavy atom. The summed E-state index contributed by atoms with van der Waals surface area (Å²) >= 11 is 6.15. The van der Waals surface area contributed by atoms with Crippen LogP contribution in [0.5, 0.6) is 0 Å². The number of benzene rings is 2. The van der Waals surface area contributed by atoms with Crippen LogP contribution in [0.3, 0.4) is 0 Å².